The number of benzene rings is 1. The second-order valence-corrected chi connectivity index (χ2v) is 3.75. The Morgan fingerprint density at radius 1 is 1.41 bits per heavy atom. The predicted octanol–water partition coefficient (Wildman–Crippen LogP) is 2.34. The van der Waals surface area contributed by atoms with Crippen molar-refractivity contribution in [3.63, 3.8) is 0 Å². The van der Waals surface area contributed by atoms with Crippen LogP contribution in [-0.2, 0) is 6.61 Å². The van der Waals surface area contributed by atoms with Crippen molar-refractivity contribution in [3.05, 3.63) is 46.7 Å². The minimum absolute atomic E-state index is 0.110. The largest absolute Gasteiger partial charge is 0.487 e. The molecule has 1 aromatic heterocycles. The highest BCUT2D eigenvalue weighted by Gasteiger charge is 2.12. The van der Waals surface area contributed by atoms with Crippen molar-refractivity contribution in [2.45, 2.75) is 6.61 Å². The lowest BCUT2D eigenvalue weighted by Gasteiger charge is -2.05. The summed E-state index contributed by atoms with van der Waals surface area (Å²) in [6.45, 7) is 0.114. The molecule has 0 spiro atoms. The van der Waals surface area contributed by atoms with Gasteiger partial charge in [0.05, 0.1) is 11.9 Å². The summed E-state index contributed by atoms with van der Waals surface area (Å²) in [5.74, 6) is -0.422. The standard InChI is InChI=1S/C11H9ClN2O3/c12-7-1-3-8(4-2-7)17-6-10-9(11(15)16)5-13-14-10/h1-5H,6H2,(H,13,14)(H,15,16). The molecule has 2 N–H and O–H groups in total. The molecule has 0 saturated carbocycles. The molecular formula is C11H9ClN2O3. The van der Waals surface area contributed by atoms with Crippen molar-refractivity contribution in [3.8, 4) is 5.75 Å². The molecule has 5 nitrogen and oxygen atoms in total. The Labute approximate surface area is 102 Å². The number of halogens is 1. The molecule has 0 atom stereocenters. The molecule has 0 fully saturated rings. The topological polar surface area (TPSA) is 75.2 Å². The number of carboxylic acid groups (broad SMARTS) is 1. The van der Waals surface area contributed by atoms with Crippen LogP contribution in [0.4, 0.5) is 0 Å². The summed E-state index contributed by atoms with van der Waals surface area (Å²) in [5.41, 5.74) is 0.534. The van der Waals surface area contributed by atoms with Crippen LogP contribution in [0.25, 0.3) is 0 Å². The van der Waals surface area contributed by atoms with Crippen LogP contribution < -0.4 is 4.74 Å². The van der Waals surface area contributed by atoms with Crippen LogP contribution in [0.5, 0.6) is 5.75 Å². The fourth-order valence-corrected chi connectivity index (χ4v) is 1.42. The zero-order valence-corrected chi connectivity index (χ0v) is 9.44. The molecule has 17 heavy (non-hydrogen) atoms. The summed E-state index contributed by atoms with van der Waals surface area (Å²) in [4.78, 5) is 10.8. The van der Waals surface area contributed by atoms with E-state index < -0.39 is 5.97 Å². The summed E-state index contributed by atoms with van der Waals surface area (Å²) in [7, 11) is 0. The number of carboxylic acids is 1. The lowest BCUT2D eigenvalue weighted by molar-refractivity contribution is 0.0694. The van der Waals surface area contributed by atoms with Crippen molar-refractivity contribution in [1.29, 1.82) is 0 Å². The van der Waals surface area contributed by atoms with Crippen LogP contribution in [0.15, 0.2) is 30.5 Å². The first-order valence-corrected chi connectivity index (χ1v) is 5.18. The van der Waals surface area contributed by atoms with Gasteiger partial charge in [0.15, 0.2) is 0 Å². The van der Waals surface area contributed by atoms with Gasteiger partial charge in [-0.1, -0.05) is 11.6 Å². The first-order chi connectivity index (χ1) is 8.16. The fraction of sp³-hybridized carbons (Fsp3) is 0.0909. The van der Waals surface area contributed by atoms with Crippen molar-refractivity contribution in [2.24, 2.45) is 0 Å². The van der Waals surface area contributed by atoms with Crippen molar-refractivity contribution < 1.29 is 14.6 Å². The smallest absolute Gasteiger partial charge is 0.339 e. The minimum atomic E-state index is -1.03. The highest BCUT2D eigenvalue weighted by molar-refractivity contribution is 6.30. The molecule has 1 aromatic carbocycles. The number of ether oxygens (including phenoxy) is 1. The van der Waals surface area contributed by atoms with Gasteiger partial charge in [-0.05, 0) is 24.3 Å². The zero-order valence-electron chi connectivity index (χ0n) is 8.68. The van der Waals surface area contributed by atoms with Gasteiger partial charge in [-0.25, -0.2) is 4.79 Å². The van der Waals surface area contributed by atoms with Crippen LogP contribution >= 0.6 is 11.6 Å². The molecule has 0 amide bonds. The van der Waals surface area contributed by atoms with E-state index in [0.717, 1.165) is 0 Å². The monoisotopic (exact) mass is 252 g/mol. The third-order valence-corrected chi connectivity index (χ3v) is 2.40. The number of hydrogen-bond acceptors (Lipinski definition) is 3. The molecular weight excluding hydrogens is 244 g/mol. The molecule has 0 aliphatic carbocycles. The number of aromatic carboxylic acids is 1. The summed E-state index contributed by atoms with van der Waals surface area (Å²) in [6, 6.07) is 6.81. The molecule has 88 valence electrons. The number of nitrogens with zero attached hydrogens (tertiary/aromatic N) is 1. The average molecular weight is 253 g/mol. The van der Waals surface area contributed by atoms with E-state index in [2.05, 4.69) is 10.2 Å². The van der Waals surface area contributed by atoms with E-state index >= 15 is 0 Å². The molecule has 0 unspecified atom stereocenters. The van der Waals surface area contributed by atoms with E-state index in [1.165, 1.54) is 6.20 Å². The van der Waals surface area contributed by atoms with Gasteiger partial charge in [0.25, 0.3) is 0 Å². The summed E-state index contributed by atoms with van der Waals surface area (Å²) < 4.78 is 5.40. The maximum absolute atomic E-state index is 10.8. The van der Waals surface area contributed by atoms with E-state index in [9.17, 15) is 4.79 Å². The van der Waals surface area contributed by atoms with Crippen LogP contribution in [-0.4, -0.2) is 21.3 Å². The quantitative estimate of drug-likeness (QED) is 0.876. The minimum Gasteiger partial charge on any atom is -0.487 e. The Morgan fingerprint density at radius 3 is 2.76 bits per heavy atom. The Kier molecular flexibility index (Phi) is 3.30. The lowest BCUT2D eigenvalue weighted by atomic mass is 10.2. The maximum Gasteiger partial charge on any atom is 0.339 e. The van der Waals surface area contributed by atoms with Crippen LogP contribution in [0.3, 0.4) is 0 Å². The van der Waals surface area contributed by atoms with E-state index in [1.807, 2.05) is 0 Å². The Balaban J connectivity index is 2.05. The maximum atomic E-state index is 10.8. The van der Waals surface area contributed by atoms with E-state index in [0.29, 0.717) is 16.5 Å². The third kappa shape index (κ3) is 2.76. The number of H-pyrrole nitrogens is 1. The van der Waals surface area contributed by atoms with Gasteiger partial charge in [-0.3, -0.25) is 5.10 Å². The number of nitrogens with one attached hydrogen (secondary N) is 1. The SMILES string of the molecule is O=C(O)c1cn[nH]c1COc1ccc(Cl)cc1. The Bertz CT molecular complexity index is 522. The highest BCUT2D eigenvalue weighted by atomic mass is 35.5. The molecule has 2 aromatic rings. The first-order valence-electron chi connectivity index (χ1n) is 4.80. The Morgan fingerprint density at radius 2 is 2.12 bits per heavy atom. The van der Waals surface area contributed by atoms with Gasteiger partial charge in [0.2, 0.25) is 0 Å². The molecule has 0 radical (unpaired) electrons. The van der Waals surface area contributed by atoms with Crippen LogP contribution in [0.2, 0.25) is 5.02 Å². The van der Waals surface area contributed by atoms with Gasteiger partial charge in [-0.2, -0.15) is 5.10 Å². The van der Waals surface area contributed by atoms with Crippen LogP contribution in [0.1, 0.15) is 16.1 Å². The average Bonchev–Trinajstić information content (AvgIpc) is 2.76. The van der Waals surface area contributed by atoms with Gasteiger partial charge < -0.3 is 9.84 Å². The second kappa shape index (κ2) is 4.88. The van der Waals surface area contributed by atoms with Gasteiger partial charge in [0, 0.05) is 5.02 Å². The molecule has 0 bridgehead atoms. The molecule has 6 heteroatoms. The zero-order chi connectivity index (χ0) is 12.3. The number of rotatable bonds is 4. The number of hydrogen-bond donors (Lipinski definition) is 2. The molecule has 2 rings (SSSR count). The van der Waals surface area contributed by atoms with Gasteiger partial charge in [-0.15, -0.1) is 0 Å². The number of aromatic amines is 1. The third-order valence-electron chi connectivity index (χ3n) is 2.15. The van der Waals surface area contributed by atoms with Gasteiger partial charge in [0.1, 0.15) is 17.9 Å². The van der Waals surface area contributed by atoms with E-state index in [-0.39, 0.29) is 12.2 Å². The molecule has 0 aliphatic heterocycles. The number of aromatic nitrogens is 2. The highest BCUT2D eigenvalue weighted by Crippen LogP contribution is 2.17. The lowest BCUT2D eigenvalue weighted by Crippen LogP contribution is -2.03. The van der Waals surface area contributed by atoms with Gasteiger partial charge >= 0.3 is 5.97 Å². The molecule has 1 heterocycles. The molecule has 0 saturated heterocycles. The second-order valence-electron chi connectivity index (χ2n) is 3.31. The van der Waals surface area contributed by atoms with Crippen molar-refractivity contribution in [2.75, 3.05) is 0 Å². The van der Waals surface area contributed by atoms with E-state index in [4.69, 9.17) is 21.4 Å². The summed E-state index contributed by atoms with van der Waals surface area (Å²) in [6.07, 6.45) is 1.25. The molecule has 0 aliphatic rings. The summed E-state index contributed by atoms with van der Waals surface area (Å²) >= 11 is 5.73. The normalized spacial score (nSPS) is 10.2. The first kappa shape index (κ1) is 11.5. The van der Waals surface area contributed by atoms with Crippen molar-refractivity contribution >= 4 is 17.6 Å². The predicted molar refractivity (Wildman–Crippen MR) is 61.3 cm³/mol. The Hall–Kier alpha value is -2.01. The van der Waals surface area contributed by atoms with Crippen LogP contribution in [0, 0.1) is 0 Å². The number of carbonyl (C=O) groups is 1. The van der Waals surface area contributed by atoms with Crippen molar-refractivity contribution in [1.82, 2.24) is 10.2 Å². The van der Waals surface area contributed by atoms with E-state index in [1.54, 1.807) is 24.3 Å². The summed E-state index contributed by atoms with van der Waals surface area (Å²) in [5, 5.41) is 15.7. The fourth-order valence-electron chi connectivity index (χ4n) is 1.29.